The van der Waals surface area contributed by atoms with Crippen LogP contribution in [0.5, 0.6) is 5.75 Å². The molecule has 2 aromatic rings. The molecule has 1 aromatic heterocycles. The van der Waals surface area contributed by atoms with Gasteiger partial charge in [-0.15, -0.1) is 0 Å². The van der Waals surface area contributed by atoms with Crippen molar-refractivity contribution in [1.82, 2.24) is 9.71 Å². The van der Waals surface area contributed by atoms with Crippen molar-refractivity contribution in [2.24, 2.45) is 5.92 Å². The molecule has 7 nitrogen and oxygen atoms in total. The van der Waals surface area contributed by atoms with Crippen molar-refractivity contribution < 1.29 is 17.9 Å². The molecule has 2 heterocycles. The van der Waals surface area contributed by atoms with Gasteiger partial charge >= 0.3 is 0 Å². The van der Waals surface area contributed by atoms with E-state index < -0.39 is 15.9 Å². The van der Waals surface area contributed by atoms with Gasteiger partial charge in [0.15, 0.2) is 0 Å². The summed E-state index contributed by atoms with van der Waals surface area (Å²) in [6.07, 6.45) is 3.07. The molecule has 1 amide bonds. The predicted molar refractivity (Wildman–Crippen MR) is 119 cm³/mol. The number of hydrogen-bond acceptors (Lipinski definition) is 6. The largest absolute Gasteiger partial charge is 0.493 e. The molecule has 3 rings (SSSR count). The van der Waals surface area contributed by atoms with Crippen LogP contribution in [0.2, 0.25) is 5.02 Å². The van der Waals surface area contributed by atoms with E-state index in [0.29, 0.717) is 48.4 Å². The van der Waals surface area contributed by atoms with Gasteiger partial charge in [0.1, 0.15) is 11.6 Å². The number of hydrogen-bond donors (Lipinski definition) is 1. The second-order valence-electron chi connectivity index (χ2n) is 7.49. The molecular formula is C20H24ClN3NaO4S. The van der Waals surface area contributed by atoms with Crippen LogP contribution >= 0.6 is 11.6 Å². The number of amides is 1. The average molecular weight is 461 g/mol. The first-order valence-corrected chi connectivity index (χ1v) is 11.6. The molecule has 1 aliphatic rings. The molecule has 1 aliphatic heterocycles. The number of anilines is 1. The van der Waals surface area contributed by atoms with Gasteiger partial charge in [-0.1, -0.05) is 25.4 Å². The smallest absolute Gasteiger partial charge is 0.265 e. The molecule has 0 fully saturated rings. The maximum atomic E-state index is 12.4. The Hall–Kier alpha value is -1.32. The van der Waals surface area contributed by atoms with Crippen molar-refractivity contribution in [2.45, 2.75) is 26.8 Å². The van der Waals surface area contributed by atoms with Gasteiger partial charge < -0.3 is 9.64 Å². The number of halogens is 1. The summed E-state index contributed by atoms with van der Waals surface area (Å²) < 4.78 is 30.8. The van der Waals surface area contributed by atoms with Crippen molar-refractivity contribution in [1.29, 1.82) is 0 Å². The van der Waals surface area contributed by atoms with Crippen molar-refractivity contribution in [2.75, 3.05) is 24.3 Å². The Morgan fingerprint density at radius 2 is 2.07 bits per heavy atom. The Balaban J connectivity index is 0.00000320. The second kappa shape index (κ2) is 10.3. The SMILES string of the molecule is CC(C)COc1ccc(Cl)cc1CN1CCc2c(C(=O)NS(C)(=O)=O)ccnc21.[Na]. The second-order valence-corrected chi connectivity index (χ2v) is 9.68. The van der Waals surface area contributed by atoms with Crippen LogP contribution in [-0.4, -0.2) is 68.3 Å². The normalized spacial score (nSPS) is 13.0. The number of fused-ring (bicyclic) bond motifs is 1. The van der Waals surface area contributed by atoms with Crippen molar-refractivity contribution in [3.63, 3.8) is 0 Å². The van der Waals surface area contributed by atoms with Crippen LogP contribution < -0.4 is 14.4 Å². The van der Waals surface area contributed by atoms with Gasteiger partial charge in [0.25, 0.3) is 5.91 Å². The van der Waals surface area contributed by atoms with E-state index in [4.69, 9.17) is 16.3 Å². The number of aromatic nitrogens is 1. The van der Waals surface area contributed by atoms with Crippen LogP contribution in [0.1, 0.15) is 35.3 Å². The molecule has 0 atom stereocenters. The maximum absolute atomic E-state index is 12.4. The minimum atomic E-state index is -3.64. The van der Waals surface area contributed by atoms with Crippen LogP contribution in [0, 0.1) is 5.92 Å². The number of benzene rings is 1. The number of ether oxygens (including phenoxy) is 1. The monoisotopic (exact) mass is 460 g/mol. The third-order valence-electron chi connectivity index (χ3n) is 4.44. The summed E-state index contributed by atoms with van der Waals surface area (Å²) in [6.45, 7) is 5.94. The molecule has 1 radical (unpaired) electrons. The van der Waals surface area contributed by atoms with E-state index in [1.54, 1.807) is 12.1 Å². The van der Waals surface area contributed by atoms with Crippen molar-refractivity contribution in [3.8, 4) is 5.75 Å². The number of carbonyl (C=O) groups is 1. The summed E-state index contributed by atoms with van der Waals surface area (Å²) in [4.78, 5) is 18.8. The molecule has 1 aromatic carbocycles. The predicted octanol–water partition coefficient (Wildman–Crippen LogP) is 2.64. The zero-order chi connectivity index (χ0) is 21.2. The van der Waals surface area contributed by atoms with E-state index >= 15 is 0 Å². The van der Waals surface area contributed by atoms with E-state index in [9.17, 15) is 13.2 Å². The van der Waals surface area contributed by atoms with Crippen LogP contribution in [0.3, 0.4) is 0 Å². The van der Waals surface area contributed by atoms with Gasteiger partial charge in [-0.2, -0.15) is 0 Å². The Labute approximate surface area is 204 Å². The summed E-state index contributed by atoms with van der Waals surface area (Å²) in [7, 11) is -3.64. The number of pyridine rings is 1. The Kier molecular flexibility index (Phi) is 8.59. The van der Waals surface area contributed by atoms with Crippen molar-refractivity contribution >= 4 is 62.9 Å². The Morgan fingerprint density at radius 3 is 2.73 bits per heavy atom. The third kappa shape index (κ3) is 6.34. The van der Waals surface area contributed by atoms with E-state index in [1.807, 2.05) is 21.8 Å². The van der Waals surface area contributed by atoms with Crippen molar-refractivity contribution in [3.05, 3.63) is 52.2 Å². The van der Waals surface area contributed by atoms with Gasteiger partial charge in [-0.25, -0.2) is 18.1 Å². The van der Waals surface area contributed by atoms with Crippen LogP contribution in [-0.2, 0) is 23.0 Å². The van der Waals surface area contributed by atoms with Gasteiger partial charge in [-0.05, 0) is 36.6 Å². The van der Waals surface area contributed by atoms with E-state index in [2.05, 4.69) is 18.8 Å². The summed E-state index contributed by atoms with van der Waals surface area (Å²) in [5.41, 5.74) is 1.99. The molecule has 0 saturated carbocycles. The molecular weight excluding hydrogens is 437 g/mol. The zero-order valence-electron chi connectivity index (χ0n) is 17.6. The minimum Gasteiger partial charge on any atom is -0.493 e. The number of carbonyl (C=O) groups excluding carboxylic acids is 1. The van der Waals surface area contributed by atoms with Gasteiger partial charge in [0.05, 0.1) is 12.9 Å². The molecule has 157 valence electrons. The van der Waals surface area contributed by atoms with Gasteiger partial charge in [0, 0.05) is 70.6 Å². The number of sulfonamides is 1. The molecule has 0 saturated heterocycles. The first-order valence-electron chi connectivity index (χ1n) is 9.30. The van der Waals surface area contributed by atoms with Crippen LogP contribution in [0.15, 0.2) is 30.5 Å². The fraction of sp³-hybridized carbons (Fsp3) is 0.400. The zero-order valence-corrected chi connectivity index (χ0v) is 21.2. The topological polar surface area (TPSA) is 88.6 Å². The maximum Gasteiger partial charge on any atom is 0.265 e. The first-order chi connectivity index (χ1) is 13.6. The summed E-state index contributed by atoms with van der Waals surface area (Å²) in [5, 5.41) is 0.616. The summed E-state index contributed by atoms with van der Waals surface area (Å²) >= 11 is 6.19. The number of rotatable bonds is 7. The molecule has 30 heavy (non-hydrogen) atoms. The number of nitrogens with one attached hydrogen (secondary N) is 1. The first kappa shape index (κ1) is 24.9. The average Bonchev–Trinajstić information content (AvgIpc) is 3.02. The van der Waals surface area contributed by atoms with Gasteiger partial charge in [-0.3, -0.25) is 4.79 Å². The Morgan fingerprint density at radius 1 is 1.33 bits per heavy atom. The fourth-order valence-corrected chi connectivity index (χ4v) is 3.86. The summed E-state index contributed by atoms with van der Waals surface area (Å²) in [5.74, 6) is 1.18. The Bertz CT molecular complexity index is 1030. The quantitative estimate of drug-likeness (QED) is 0.639. The number of nitrogens with zero attached hydrogens (tertiary/aromatic N) is 2. The fourth-order valence-electron chi connectivity index (χ4n) is 3.22. The van der Waals surface area contributed by atoms with Crippen LogP contribution in [0.25, 0.3) is 0 Å². The standard InChI is InChI=1S/C20H24ClN3O4S.Na/c1-13(2)12-28-18-5-4-15(21)10-14(18)11-24-9-7-16-17(6-8-22-19(16)24)20(25)23-29(3,26)27;/h4-6,8,10,13H,7,9,11-12H2,1-3H3,(H,23,25);. The summed E-state index contributed by atoms with van der Waals surface area (Å²) in [6, 6.07) is 7.07. The van der Waals surface area contributed by atoms with Gasteiger partial charge in [0.2, 0.25) is 10.0 Å². The third-order valence-corrected chi connectivity index (χ3v) is 5.23. The van der Waals surface area contributed by atoms with E-state index in [0.717, 1.165) is 23.1 Å². The molecule has 1 N–H and O–H groups in total. The molecule has 0 spiro atoms. The molecule has 10 heteroatoms. The van der Waals surface area contributed by atoms with E-state index in [-0.39, 0.29) is 29.6 Å². The van der Waals surface area contributed by atoms with E-state index in [1.165, 1.54) is 6.20 Å². The van der Waals surface area contributed by atoms with Crippen LogP contribution in [0.4, 0.5) is 5.82 Å². The molecule has 0 bridgehead atoms. The minimum absolute atomic E-state index is 0. The molecule has 0 aliphatic carbocycles. The molecule has 0 unspecified atom stereocenters.